The Hall–Kier alpha value is -3.39. The second-order valence-electron chi connectivity index (χ2n) is 7.80. The number of hydrogen-bond acceptors (Lipinski definition) is 6. The highest BCUT2D eigenvalue weighted by Crippen LogP contribution is 2.26. The van der Waals surface area contributed by atoms with Crippen LogP contribution in [0.4, 0.5) is 20.2 Å². The molecule has 37 heavy (non-hydrogen) atoms. The van der Waals surface area contributed by atoms with Gasteiger partial charge in [0.2, 0.25) is 10.0 Å². The molecule has 0 spiro atoms. The molecule has 0 fully saturated rings. The molecule has 0 heterocycles. The fourth-order valence-corrected chi connectivity index (χ4v) is 3.99. The molecule has 1 amide bonds. The first kappa shape index (κ1) is 29.8. The molecule has 0 atom stereocenters. The molecule has 13 heteroatoms. The van der Waals surface area contributed by atoms with Crippen LogP contribution in [0.3, 0.4) is 0 Å². The number of nitrogens with one attached hydrogen (secondary N) is 2. The Labute approximate surface area is 214 Å². The van der Waals surface area contributed by atoms with Gasteiger partial charge in [0.1, 0.15) is 17.3 Å². The van der Waals surface area contributed by atoms with Crippen LogP contribution in [-0.4, -0.2) is 53.3 Å². The van der Waals surface area contributed by atoms with Gasteiger partial charge in [0.25, 0.3) is 5.91 Å². The standard InChI is InChI=1S/C24H31F2N5O5S/c1-3-9-35-11-12-36-10-8-29-37(33,34)19-6-4-18(5-7-19)30-22-20(25)14-17(15-21(22)26)13-16(2)23(32)31-24(27)28/h4-7,13-15,29-30H,3,8-12H2,1-2H3,(H4,27,28,31,32)/b16-13+. The average Bonchev–Trinajstić information content (AvgIpc) is 2.83. The summed E-state index contributed by atoms with van der Waals surface area (Å²) in [6.45, 7) is 5.10. The van der Waals surface area contributed by atoms with Gasteiger partial charge in [-0.1, -0.05) is 6.92 Å². The normalized spacial score (nSPS) is 11.8. The van der Waals surface area contributed by atoms with Gasteiger partial charge < -0.3 is 26.3 Å². The molecular weight excluding hydrogens is 508 g/mol. The highest BCUT2D eigenvalue weighted by atomic mass is 32.2. The van der Waals surface area contributed by atoms with Crippen molar-refractivity contribution in [3.8, 4) is 0 Å². The average molecular weight is 540 g/mol. The van der Waals surface area contributed by atoms with Gasteiger partial charge in [0.15, 0.2) is 5.96 Å². The third-order valence-electron chi connectivity index (χ3n) is 4.71. The lowest BCUT2D eigenvalue weighted by molar-refractivity contribution is -0.114. The first-order valence-corrected chi connectivity index (χ1v) is 12.9. The van der Waals surface area contributed by atoms with Gasteiger partial charge in [-0.2, -0.15) is 4.99 Å². The molecule has 0 aliphatic rings. The van der Waals surface area contributed by atoms with Crippen LogP contribution >= 0.6 is 0 Å². The van der Waals surface area contributed by atoms with E-state index in [1.807, 2.05) is 6.92 Å². The smallest absolute Gasteiger partial charge is 0.275 e. The van der Waals surface area contributed by atoms with Crippen LogP contribution in [0.5, 0.6) is 0 Å². The number of aliphatic imine (C=N–C) groups is 1. The van der Waals surface area contributed by atoms with Crippen molar-refractivity contribution in [3.63, 3.8) is 0 Å². The number of anilines is 2. The predicted octanol–water partition coefficient (Wildman–Crippen LogP) is 2.63. The number of halogens is 2. The molecule has 0 bridgehead atoms. The lowest BCUT2D eigenvalue weighted by Crippen LogP contribution is -2.27. The summed E-state index contributed by atoms with van der Waals surface area (Å²) >= 11 is 0. The molecule has 0 unspecified atom stereocenters. The van der Waals surface area contributed by atoms with Crippen molar-refractivity contribution in [3.05, 3.63) is 59.2 Å². The Kier molecular flexibility index (Phi) is 11.6. The first-order valence-electron chi connectivity index (χ1n) is 11.4. The summed E-state index contributed by atoms with van der Waals surface area (Å²) in [7, 11) is -3.80. The van der Waals surface area contributed by atoms with E-state index < -0.39 is 39.2 Å². The van der Waals surface area contributed by atoms with Gasteiger partial charge >= 0.3 is 0 Å². The molecule has 0 aromatic heterocycles. The second kappa shape index (κ2) is 14.4. The summed E-state index contributed by atoms with van der Waals surface area (Å²) in [5, 5.41) is 2.59. The summed E-state index contributed by atoms with van der Waals surface area (Å²) in [4.78, 5) is 15.1. The van der Waals surface area contributed by atoms with Crippen LogP contribution in [0, 0.1) is 11.6 Å². The van der Waals surface area contributed by atoms with Gasteiger partial charge in [0, 0.05) is 24.4 Å². The van der Waals surface area contributed by atoms with E-state index >= 15 is 0 Å². The van der Waals surface area contributed by atoms with Crippen LogP contribution in [0.2, 0.25) is 0 Å². The quantitative estimate of drug-likeness (QED) is 0.123. The Morgan fingerprint density at radius 2 is 1.62 bits per heavy atom. The summed E-state index contributed by atoms with van der Waals surface area (Å²) in [6, 6.07) is 7.41. The number of amides is 1. The molecule has 2 rings (SSSR count). The van der Waals surface area contributed by atoms with Crippen molar-refractivity contribution >= 4 is 39.3 Å². The fourth-order valence-electron chi connectivity index (χ4n) is 2.97. The Balaban J connectivity index is 2.00. The molecule has 0 aliphatic carbocycles. The van der Waals surface area contributed by atoms with E-state index in [0.29, 0.717) is 19.8 Å². The number of carbonyl (C=O) groups is 1. The molecule has 0 radical (unpaired) electrons. The van der Waals surface area contributed by atoms with Crippen molar-refractivity contribution in [2.45, 2.75) is 25.2 Å². The van der Waals surface area contributed by atoms with E-state index in [0.717, 1.165) is 18.6 Å². The van der Waals surface area contributed by atoms with Crippen LogP contribution in [0.25, 0.3) is 6.08 Å². The predicted molar refractivity (Wildman–Crippen MR) is 138 cm³/mol. The molecule has 202 valence electrons. The number of rotatable bonds is 14. The molecule has 0 aliphatic heterocycles. The lowest BCUT2D eigenvalue weighted by atomic mass is 10.1. The van der Waals surface area contributed by atoms with Crippen molar-refractivity contribution < 1.29 is 31.5 Å². The van der Waals surface area contributed by atoms with Crippen LogP contribution in [0.15, 0.2) is 51.9 Å². The number of guanidine groups is 1. The third-order valence-corrected chi connectivity index (χ3v) is 6.19. The number of hydrogen-bond donors (Lipinski definition) is 4. The van der Waals surface area contributed by atoms with Crippen LogP contribution < -0.4 is 21.5 Å². The molecule has 0 saturated heterocycles. The van der Waals surface area contributed by atoms with Gasteiger partial charge in [-0.15, -0.1) is 0 Å². The third kappa shape index (κ3) is 9.88. The maximum atomic E-state index is 14.6. The van der Waals surface area contributed by atoms with E-state index in [-0.39, 0.29) is 34.9 Å². The number of nitrogens with two attached hydrogens (primary N) is 2. The van der Waals surface area contributed by atoms with E-state index in [1.54, 1.807) is 0 Å². The Bertz CT molecular complexity index is 1210. The van der Waals surface area contributed by atoms with Gasteiger partial charge in [-0.05, 0) is 61.4 Å². The molecule has 10 nitrogen and oxygen atoms in total. The van der Waals surface area contributed by atoms with E-state index in [1.165, 1.54) is 37.3 Å². The largest absolute Gasteiger partial charge is 0.379 e. The van der Waals surface area contributed by atoms with Crippen molar-refractivity contribution in [2.24, 2.45) is 16.5 Å². The molecule has 6 N–H and O–H groups in total. The monoisotopic (exact) mass is 539 g/mol. The Morgan fingerprint density at radius 1 is 1.03 bits per heavy atom. The van der Waals surface area contributed by atoms with E-state index in [9.17, 15) is 22.0 Å². The van der Waals surface area contributed by atoms with Crippen molar-refractivity contribution in [1.29, 1.82) is 0 Å². The zero-order valence-electron chi connectivity index (χ0n) is 20.6. The zero-order chi connectivity index (χ0) is 27.4. The first-order chi connectivity index (χ1) is 17.5. The molecular formula is C24H31F2N5O5S. The fraction of sp³-hybridized carbons (Fsp3) is 0.333. The SMILES string of the molecule is CCCOCCOCCNS(=O)(=O)c1ccc(Nc2c(F)cc(/C=C(\C)C(=O)N=C(N)N)cc2F)cc1. The van der Waals surface area contributed by atoms with Gasteiger partial charge in [-0.3, -0.25) is 4.79 Å². The number of benzene rings is 2. The number of nitrogens with zero attached hydrogens (tertiary/aromatic N) is 1. The van der Waals surface area contributed by atoms with Crippen molar-refractivity contribution in [1.82, 2.24) is 4.72 Å². The minimum atomic E-state index is -3.80. The highest BCUT2D eigenvalue weighted by Gasteiger charge is 2.15. The topological polar surface area (TPSA) is 158 Å². The molecule has 0 saturated carbocycles. The highest BCUT2D eigenvalue weighted by molar-refractivity contribution is 7.89. The van der Waals surface area contributed by atoms with Crippen LogP contribution in [0.1, 0.15) is 25.8 Å². The number of sulfonamides is 1. The van der Waals surface area contributed by atoms with Crippen molar-refractivity contribution in [2.75, 3.05) is 38.3 Å². The maximum absolute atomic E-state index is 14.6. The molecule has 2 aromatic carbocycles. The van der Waals surface area contributed by atoms with Crippen LogP contribution in [-0.2, 0) is 24.3 Å². The zero-order valence-corrected chi connectivity index (χ0v) is 21.4. The summed E-state index contributed by atoms with van der Waals surface area (Å²) in [6.07, 6.45) is 2.15. The summed E-state index contributed by atoms with van der Waals surface area (Å²) in [5.74, 6) is -3.02. The maximum Gasteiger partial charge on any atom is 0.275 e. The Morgan fingerprint density at radius 3 is 2.19 bits per heavy atom. The van der Waals surface area contributed by atoms with Gasteiger partial charge in [0.05, 0.1) is 24.7 Å². The molecule has 2 aromatic rings. The lowest BCUT2D eigenvalue weighted by Gasteiger charge is -2.11. The number of carbonyl (C=O) groups excluding carboxylic acids is 1. The van der Waals surface area contributed by atoms with E-state index in [4.69, 9.17) is 20.9 Å². The minimum Gasteiger partial charge on any atom is -0.379 e. The summed E-state index contributed by atoms with van der Waals surface area (Å²) < 4.78 is 67.1. The number of ether oxygens (including phenoxy) is 2. The second-order valence-corrected chi connectivity index (χ2v) is 9.57. The van der Waals surface area contributed by atoms with E-state index in [2.05, 4.69) is 15.0 Å². The van der Waals surface area contributed by atoms with Gasteiger partial charge in [-0.25, -0.2) is 21.9 Å². The minimum absolute atomic E-state index is 0.0216. The summed E-state index contributed by atoms with van der Waals surface area (Å²) in [5.41, 5.74) is 10.3.